The molecule has 2 aliphatic rings. The van der Waals surface area contributed by atoms with Gasteiger partial charge in [-0.3, -0.25) is 9.13 Å². The van der Waals surface area contributed by atoms with E-state index in [4.69, 9.17) is 35.1 Å². The van der Waals surface area contributed by atoms with Gasteiger partial charge in [0.05, 0.1) is 13.2 Å². The molecular weight excluding hydrogens is 602 g/mol. The minimum Gasteiger partial charge on any atom is -0.394 e. The van der Waals surface area contributed by atoms with Crippen LogP contribution in [0.4, 0.5) is 29.2 Å². The monoisotopic (exact) mass is 626 g/mol. The first-order valence-electron chi connectivity index (χ1n) is 10.5. The highest BCUT2D eigenvalue weighted by Crippen LogP contribution is 2.45. The van der Waals surface area contributed by atoms with E-state index in [1.807, 2.05) is 9.47 Å². The molecule has 4 unspecified atom stereocenters. The van der Waals surface area contributed by atoms with Crippen molar-refractivity contribution in [3.63, 3.8) is 0 Å². The molecule has 0 radical (unpaired) electrons. The maximum absolute atomic E-state index is 14.3. The molecule has 0 amide bonds. The van der Waals surface area contributed by atoms with Crippen LogP contribution in [0.25, 0.3) is 0 Å². The van der Waals surface area contributed by atoms with Crippen molar-refractivity contribution < 1.29 is 46.3 Å². The lowest BCUT2D eigenvalue weighted by atomic mass is 10.1. The van der Waals surface area contributed by atoms with E-state index in [9.17, 15) is 32.3 Å². The molecule has 0 aromatic carbocycles. The van der Waals surface area contributed by atoms with E-state index in [0.717, 1.165) is 18.5 Å². The molecule has 2 aromatic rings. The fourth-order valence-electron chi connectivity index (χ4n) is 3.69. The molecule has 0 spiro atoms. The summed E-state index contributed by atoms with van der Waals surface area (Å²) in [5.41, 5.74) is 8.60. The summed E-state index contributed by atoms with van der Waals surface area (Å²) in [5.74, 6) is -7.32. The molecule has 0 aliphatic carbocycles. The Hall–Kier alpha value is -2.01. The van der Waals surface area contributed by atoms with Crippen LogP contribution in [0.5, 0.6) is 0 Å². The molecule has 6 N–H and O–H groups in total. The molecule has 14 nitrogen and oxygen atoms in total. The van der Waals surface area contributed by atoms with Crippen molar-refractivity contribution in [3.8, 4) is 0 Å². The predicted octanol–water partition coefficient (Wildman–Crippen LogP) is -0.527. The number of nitrogen functional groups attached to an aromatic ring is 2. The number of halogens is 5. The number of hydrogen-bond donors (Lipinski definition) is 4. The van der Waals surface area contributed by atoms with Crippen LogP contribution in [0.15, 0.2) is 34.1 Å². The van der Waals surface area contributed by atoms with E-state index >= 15 is 0 Å². The van der Waals surface area contributed by atoms with Crippen molar-refractivity contribution in [2.45, 2.75) is 48.7 Å². The van der Waals surface area contributed by atoms with Crippen molar-refractivity contribution in [1.29, 1.82) is 0 Å². The van der Waals surface area contributed by atoms with Gasteiger partial charge in [-0.1, -0.05) is 0 Å². The van der Waals surface area contributed by atoms with Crippen LogP contribution in [0.1, 0.15) is 12.5 Å². The van der Waals surface area contributed by atoms with Gasteiger partial charge in [0.25, 0.3) is 0 Å². The number of hydrogen-bond acceptors (Lipinski definition) is 12. The number of aliphatic hydroxyl groups is 2. The van der Waals surface area contributed by atoms with Gasteiger partial charge in [0, 0.05) is 31.3 Å². The number of anilines is 2. The second kappa shape index (κ2) is 13.1. The molecule has 0 saturated carbocycles. The third kappa shape index (κ3) is 6.66. The number of alkyl halides is 4. The van der Waals surface area contributed by atoms with E-state index in [1.54, 1.807) is 9.47 Å². The average Bonchev–Trinajstić information content (AvgIpc) is 3.22. The maximum Gasteiger partial charge on any atom is 0.351 e. The van der Waals surface area contributed by atoms with Gasteiger partial charge in [0.2, 0.25) is 12.5 Å². The Morgan fingerprint density at radius 1 is 0.949 bits per heavy atom. The average molecular weight is 627 g/mol. The number of nitrogens with zero attached hydrogens (tertiary/aromatic N) is 4. The largest absolute Gasteiger partial charge is 0.394 e. The van der Waals surface area contributed by atoms with Crippen LogP contribution in [-0.2, 0) is 18.5 Å². The summed E-state index contributed by atoms with van der Waals surface area (Å²) in [6, 6.07) is 2.39. The molecule has 21 heteroatoms. The maximum atomic E-state index is 14.3. The van der Waals surface area contributed by atoms with Crippen molar-refractivity contribution in [2.24, 2.45) is 0 Å². The Bertz CT molecular complexity index is 1250. The van der Waals surface area contributed by atoms with Crippen LogP contribution >= 0.6 is 31.3 Å². The number of rotatable bonds is 6. The Labute approximate surface area is 227 Å². The van der Waals surface area contributed by atoms with Crippen molar-refractivity contribution in [3.05, 3.63) is 45.5 Å². The zero-order valence-electron chi connectivity index (χ0n) is 19.5. The quantitative estimate of drug-likeness (QED) is 0.237. The summed E-state index contributed by atoms with van der Waals surface area (Å²) in [5, 5.41) is 18.1. The molecule has 220 valence electrons. The molecule has 2 saturated heterocycles. The minimum absolute atomic E-state index is 0. The molecule has 0 bridgehead atoms. The standard InChI is InChI=1S/C9H13F2N3O4P2.C9H11F2N3O4.ClH/c10-9(11)6(18-20)4(3-16-19)17-7(9)14-2-1-5(12)13-8(14)15;10-9(11)6(16)4(3-15)18-7(9)14-2-1-5(12)13-8(14)17;/h1-2,4,6-7H,3,19-20H2,(H2,12,13,15);1-2,4,6-7,15-16H,3H2,(H2,12,13,17);1H/t2*4-,6?,7-;/m11./s1. The lowest BCUT2D eigenvalue weighted by Crippen LogP contribution is -2.42. The third-order valence-electron chi connectivity index (χ3n) is 5.52. The second-order valence-corrected chi connectivity index (χ2v) is 8.61. The Balaban J connectivity index is 0.000000268. The van der Waals surface area contributed by atoms with E-state index in [0.29, 0.717) is 9.13 Å². The van der Waals surface area contributed by atoms with Crippen LogP contribution in [0.3, 0.4) is 0 Å². The fourth-order valence-corrected chi connectivity index (χ4v) is 4.24. The van der Waals surface area contributed by atoms with Gasteiger partial charge in [-0.2, -0.15) is 27.5 Å². The number of aromatic nitrogens is 4. The third-order valence-corrected chi connectivity index (χ3v) is 6.01. The van der Waals surface area contributed by atoms with E-state index < -0.39 is 66.7 Å². The first kappa shape index (κ1) is 33.2. The van der Waals surface area contributed by atoms with E-state index in [2.05, 4.69) is 9.97 Å². The van der Waals surface area contributed by atoms with Crippen LogP contribution in [-0.4, -0.2) is 78.8 Å². The summed E-state index contributed by atoms with van der Waals surface area (Å²) in [7, 11) is 3.70. The SMILES string of the molecule is Cl.Nc1ccn([C@@H]2O[C@H](CO)C(O)C2(F)F)c(=O)n1.Nc1ccn([C@@H]2O[C@H](COP)C(OP)C2(F)F)c(=O)n1. The summed E-state index contributed by atoms with van der Waals surface area (Å²) < 4.78 is 76.5. The van der Waals surface area contributed by atoms with Crippen LogP contribution in [0, 0.1) is 0 Å². The summed E-state index contributed by atoms with van der Waals surface area (Å²) in [4.78, 5) is 29.8. The highest BCUT2D eigenvalue weighted by atomic mass is 35.5. The molecule has 2 fully saturated rings. The van der Waals surface area contributed by atoms with Gasteiger partial charge in [-0.15, -0.1) is 12.4 Å². The molecule has 8 atom stereocenters. The summed E-state index contributed by atoms with van der Waals surface area (Å²) in [6.45, 7) is -0.919. The Morgan fingerprint density at radius 3 is 1.79 bits per heavy atom. The number of aliphatic hydroxyl groups excluding tert-OH is 2. The van der Waals surface area contributed by atoms with Crippen LogP contribution in [0.2, 0.25) is 0 Å². The second-order valence-electron chi connectivity index (χ2n) is 8.00. The van der Waals surface area contributed by atoms with Crippen LogP contribution < -0.4 is 22.8 Å². The predicted molar refractivity (Wildman–Crippen MR) is 134 cm³/mol. The molecular formula is C18H25ClF4N6O8P2. The molecule has 4 heterocycles. The first-order chi connectivity index (χ1) is 17.8. The van der Waals surface area contributed by atoms with E-state index in [1.165, 1.54) is 6.07 Å². The van der Waals surface area contributed by atoms with Gasteiger partial charge in [-0.05, 0) is 12.1 Å². The minimum atomic E-state index is -3.71. The lowest BCUT2D eigenvalue weighted by Gasteiger charge is -2.22. The normalized spacial score (nSPS) is 28.8. The molecule has 4 rings (SSSR count). The highest BCUT2D eigenvalue weighted by molar-refractivity contribution is 7.10. The molecule has 2 aliphatic heterocycles. The van der Waals surface area contributed by atoms with E-state index in [-0.39, 0.29) is 30.6 Å². The van der Waals surface area contributed by atoms with Gasteiger partial charge in [0.1, 0.15) is 23.8 Å². The zero-order valence-corrected chi connectivity index (χ0v) is 22.7. The lowest BCUT2D eigenvalue weighted by molar-refractivity contribution is -0.140. The van der Waals surface area contributed by atoms with Gasteiger partial charge < -0.3 is 40.2 Å². The van der Waals surface area contributed by atoms with Gasteiger partial charge >= 0.3 is 23.2 Å². The molecule has 2 aromatic heterocycles. The topological polar surface area (TPSA) is 199 Å². The fraction of sp³-hybridized carbons (Fsp3) is 0.556. The number of nitrogens with two attached hydrogens (primary N) is 2. The zero-order chi connectivity index (χ0) is 28.4. The summed E-state index contributed by atoms with van der Waals surface area (Å²) >= 11 is 0. The smallest absolute Gasteiger partial charge is 0.351 e. The Kier molecular flexibility index (Phi) is 11.2. The summed E-state index contributed by atoms with van der Waals surface area (Å²) in [6.07, 6.45) is -8.02. The Morgan fingerprint density at radius 2 is 1.41 bits per heavy atom. The van der Waals surface area contributed by atoms with Crippen molar-refractivity contribution in [2.75, 3.05) is 24.7 Å². The van der Waals surface area contributed by atoms with Crippen molar-refractivity contribution in [1.82, 2.24) is 19.1 Å². The van der Waals surface area contributed by atoms with Crippen molar-refractivity contribution >= 4 is 43.0 Å². The van der Waals surface area contributed by atoms with Gasteiger partial charge in [-0.25, -0.2) is 9.59 Å². The number of ether oxygens (including phenoxy) is 2. The molecule has 39 heavy (non-hydrogen) atoms. The van der Waals surface area contributed by atoms with Gasteiger partial charge in [0.15, 0.2) is 12.2 Å². The highest BCUT2D eigenvalue weighted by Gasteiger charge is 2.61. The first-order valence-corrected chi connectivity index (χ1v) is 11.5.